The van der Waals surface area contributed by atoms with Gasteiger partial charge in [-0.05, 0) is 37.3 Å². The summed E-state index contributed by atoms with van der Waals surface area (Å²) in [5.41, 5.74) is 6.99. The molecule has 0 fully saturated rings. The van der Waals surface area contributed by atoms with Crippen LogP contribution in [0.15, 0.2) is 41.3 Å². The van der Waals surface area contributed by atoms with Gasteiger partial charge in [0.25, 0.3) is 0 Å². The van der Waals surface area contributed by atoms with Gasteiger partial charge in [0.1, 0.15) is 10.7 Å². The highest BCUT2D eigenvalue weighted by molar-refractivity contribution is 7.89. The van der Waals surface area contributed by atoms with E-state index in [0.717, 1.165) is 17.8 Å². The molecule has 1 heterocycles. The van der Waals surface area contributed by atoms with E-state index in [1.807, 2.05) is 0 Å². The van der Waals surface area contributed by atoms with Crippen molar-refractivity contribution in [2.45, 2.75) is 18.4 Å². The minimum absolute atomic E-state index is 0.0156. The first-order valence-corrected chi connectivity index (χ1v) is 7.34. The predicted molar refractivity (Wildman–Crippen MR) is 73.8 cm³/mol. The number of nitrogens with one attached hydrogen (secondary N) is 1. The molecule has 0 bridgehead atoms. The Kier molecular flexibility index (Phi) is 4.01. The van der Waals surface area contributed by atoms with E-state index < -0.39 is 20.7 Å². The van der Waals surface area contributed by atoms with Gasteiger partial charge in [0.05, 0.1) is 12.2 Å². The highest BCUT2D eigenvalue weighted by atomic mass is 32.2. The normalized spacial score (nSPS) is 11.5. The molecular weight excluding hydrogens is 281 g/mol. The number of benzene rings is 1. The third-order valence-corrected chi connectivity index (χ3v) is 4.05. The molecular formula is C13H14FN3O2S. The number of hydrogen-bond donors (Lipinski definition) is 2. The average Bonchev–Trinajstić information content (AvgIpc) is 2.39. The van der Waals surface area contributed by atoms with Crippen LogP contribution in [0.5, 0.6) is 0 Å². The largest absolute Gasteiger partial charge is 0.399 e. The second-order valence-corrected chi connectivity index (χ2v) is 6.02. The Hall–Kier alpha value is -1.99. The molecule has 1 aromatic carbocycles. The van der Waals surface area contributed by atoms with E-state index >= 15 is 0 Å². The number of anilines is 1. The summed E-state index contributed by atoms with van der Waals surface area (Å²) in [5, 5.41) is 0. The van der Waals surface area contributed by atoms with Crippen LogP contribution >= 0.6 is 0 Å². The molecule has 7 heteroatoms. The van der Waals surface area contributed by atoms with Crippen molar-refractivity contribution in [3.8, 4) is 0 Å². The zero-order valence-corrected chi connectivity index (χ0v) is 11.6. The Balaban J connectivity index is 2.21. The maximum absolute atomic E-state index is 13.6. The zero-order valence-electron chi connectivity index (χ0n) is 10.8. The quantitative estimate of drug-likeness (QED) is 0.839. The van der Waals surface area contributed by atoms with E-state index in [0.29, 0.717) is 5.69 Å². The zero-order chi connectivity index (χ0) is 14.8. The monoisotopic (exact) mass is 295 g/mol. The van der Waals surface area contributed by atoms with E-state index in [-0.39, 0.29) is 12.2 Å². The third-order valence-electron chi connectivity index (χ3n) is 2.63. The molecule has 2 aromatic rings. The van der Waals surface area contributed by atoms with Crippen LogP contribution in [0, 0.1) is 12.7 Å². The standard InChI is InChI=1S/C13H14FN3O2S/c1-9-3-2-4-11(17-9)8-16-20(18,19)13-7-10(15)5-6-12(13)14/h2-7,16H,8,15H2,1H3. The smallest absolute Gasteiger partial charge is 0.243 e. The van der Waals surface area contributed by atoms with Crippen molar-refractivity contribution in [2.75, 3.05) is 5.73 Å². The van der Waals surface area contributed by atoms with Gasteiger partial charge in [-0.3, -0.25) is 4.98 Å². The van der Waals surface area contributed by atoms with E-state index in [1.54, 1.807) is 25.1 Å². The van der Waals surface area contributed by atoms with Gasteiger partial charge in [-0.25, -0.2) is 17.5 Å². The molecule has 2 rings (SSSR count). The number of sulfonamides is 1. The SMILES string of the molecule is Cc1cccc(CNS(=O)(=O)c2cc(N)ccc2F)n1. The summed E-state index contributed by atoms with van der Waals surface area (Å²) < 4.78 is 39.9. The van der Waals surface area contributed by atoms with Crippen molar-refractivity contribution in [2.24, 2.45) is 0 Å². The van der Waals surface area contributed by atoms with Crippen molar-refractivity contribution in [3.05, 3.63) is 53.6 Å². The number of rotatable bonds is 4. The molecule has 0 unspecified atom stereocenters. The lowest BCUT2D eigenvalue weighted by Crippen LogP contribution is -2.24. The van der Waals surface area contributed by atoms with Crippen LogP contribution in [0.25, 0.3) is 0 Å². The molecule has 1 aromatic heterocycles. The number of aryl methyl sites for hydroxylation is 1. The molecule has 0 amide bonds. The maximum atomic E-state index is 13.6. The molecule has 0 aliphatic heterocycles. The molecule has 106 valence electrons. The minimum Gasteiger partial charge on any atom is -0.399 e. The summed E-state index contributed by atoms with van der Waals surface area (Å²) in [6.45, 7) is 1.79. The molecule has 0 spiro atoms. The van der Waals surface area contributed by atoms with E-state index in [1.165, 1.54) is 6.07 Å². The van der Waals surface area contributed by atoms with Crippen molar-refractivity contribution >= 4 is 15.7 Å². The first-order chi connectivity index (χ1) is 9.38. The molecule has 0 atom stereocenters. The first-order valence-electron chi connectivity index (χ1n) is 5.86. The number of aromatic nitrogens is 1. The van der Waals surface area contributed by atoms with Gasteiger partial charge in [-0.2, -0.15) is 0 Å². The lowest BCUT2D eigenvalue weighted by Gasteiger charge is -2.08. The van der Waals surface area contributed by atoms with Gasteiger partial charge in [0.2, 0.25) is 10.0 Å². The maximum Gasteiger partial charge on any atom is 0.243 e. The fourth-order valence-corrected chi connectivity index (χ4v) is 2.78. The summed E-state index contributed by atoms with van der Waals surface area (Å²) in [7, 11) is -3.97. The van der Waals surface area contributed by atoms with Crippen molar-refractivity contribution in [1.82, 2.24) is 9.71 Å². The van der Waals surface area contributed by atoms with Crippen molar-refractivity contribution < 1.29 is 12.8 Å². The Morgan fingerprint density at radius 1 is 1.30 bits per heavy atom. The number of nitrogens with zero attached hydrogens (tertiary/aromatic N) is 1. The van der Waals surface area contributed by atoms with Gasteiger partial charge in [0.15, 0.2) is 0 Å². The molecule has 0 saturated heterocycles. The molecule has 0 aliphatic rings. The third kappa shape index (κ3) is 3.31. The van der Waals surface area contributed by atoms with Gasteiger partial charge < -0.3 is 5.73 Å². The van der Waals surface area contributed by atoms with Crippen LogP contribution in [0.4, 0.5) is 10.1 Å². The number of nitrogen functional groups attached to an aromatic ring is 1. The number of halogens is 1. The molecule has 0 saturated carbocycles. The van der Waals surface area contributed by atoms with E-state index in [2.05, 4.69) is 9.71 Å². The topological polar surface area (TPSA) is 85.1 Å². The van der Waals surface area contributed by atoms with Crippen molar-refractivity contribution in [1.29, 1.82) is 0 Å². The summed E-state index contributed by atoms with van der Waals surface area (Å²) in [6.07, 6.45) is 0. The van der Waals surface area contributed by atoms with Crippen LogP contribution in [0.3, 0.4) is 0 Å². The molecule has 20 heavy (non-hydrogen) atoms. The summed E-state index contributed by atoms with van der Waals surface area (Å²) in [4.78, 5) is 3.70. The molecule has 0 aliphatic carbocycles. The molecule has 0 radical (unpaired) electrons. The lowest BCUT2D eigenvalue weighted by atomic mass is 10.3. The Bertz CT molecular complexity index is 732. The minimum atomic E-state index is -3.97. The van der Waals surface area contributed by atoms with Crippen LogP contribution in [0.1, 0.15) is 11.4 Å². The molecule has 5 nitrogen and oxygen atoms in total. The number of pyridine rings is 1. The number of hydrogen-bond acceptors (Lipinski definition) is 4. The fourth-order valence-electron chi connectivity index (χ4n) is 1.67. The Morgan fingerprint density at radius 3 is 2.75 bits per heavy atom. The Labute approximate surface area is 116 Å². The van der Waals surface area contributed by atoms with Crippen LogP contribution < -0.4 is 10.5 Å². The first kappa shape index (κ1) is 14.4. The average molecular weight is 295 g/mol. The van der Waals surface area contributed by atoms with Gasteiger partial charge in [-0.1, -0.05) is 6.07 Å². The van der Waals surface area contributed by atoms with Crippen LogP contribution in [-0.2, 0) is 16.6 Å². The van der Waals surface area contributed by atoms with E-state index in [4.69, 9.17) is 5.73 Å². The summed E-state index contributed by atoms with van der Waals surface area (Å²) in [5.74, 6) is -0.844. The molecule has 3 N–H and O–H groups in total. The highest BCUT2D eigenvalue weighted by Gasteiger charge is 2.19. The number of nitrogens with two attached hydrogens (primary N) is 1. The summed E-state index contributed by atoms with van der Waals surface area (Å²) in [6, 6.07) is 8.67. The summed E-state index contributed by atoms with van der Waals surface area (Å²) >= 11 is 0. The lowest BCUT2D eigenvalue weighted by molar-refractivity contribution is 0.556. The fraction of sp³-hybridized carbons (Fsp3) is 0.154. The van der Waals surface area contributed by atoms with Crippen LogP contribution in [-0.4, -0.2) is 13.4 Å². The van der Waals surface area contributed by atoms with Crippen molar-refractivity contribution in [3.63, 3.8) is 0 Å². The van der Waals surface area contributed by atoms with Gasteiger partial charge >= 0.3 is 0 Å². The van der Waals surface area contributed by atoms with Gasteiger partial charge in [0, 0.05) is 11.4 Å². The van der Waals surface area contributed by atoms with E-state index in [9.17, 15) is 12.8 Å². The van der Waals surface area contributed by atoms with Crippen LogP contribution in [0.2, 0.25) is 0 Å². The second-order valence-electron chi connectivity index (χ2n) is 4.28. The highest BCUT2D eigenvalue weighted by Crippen LogP contribution is 2.17. The predicted octanol–water partition coefficient (Wildman–Crippen LogP) is 1.59. The second kappa shape index (κ2) is 5.56. The van der Waals surface area contributed by atoms with Gasteiger partial charge in [-0.15, -0.1) is 0 Å². The Morgan fingerprint density at radius 2 is 2.05 bits per heavy atom.